The van der Waals surface area contributed by atoms with Crippen molar-refractivity contribution in [3.05, 3.63) is 163 Å². The Morgan fingerprint density at radius 2 is 1.27 bits per heavy atom. The summed E-state index contributed by atoms with van der Waals surface area (Å²) in [7, 11) is 0. The second-order valence-electron chi connectivity index (χ2n) is 12.4. The second kappa shape index (κ2) is 11.4. The minimum absolute atomic E-state index is 0.444. The largest absolute Gasteiger partial charge is 0.487 e. The number of thiophene rings is 1. The van der Waals surface area contributed by atoms with Crippen molar-refractivity contribution in [1.29, 1.82) is 0 Å². The Hall–Kier alpha value is -5.84. The Balaban J connectivity index is 1.05. The molecule has 0 aliphatic heterocycles. The lowest BCUT2D eigenvalue weighted by atomic mass is 9.98. The van der Waals surface area contributed by atoms with E-state index in [1.165, 1.54) is 64.4 Å². The van der Waals surface area contributed by atoms with Crippen LogP contribution in [0.25, 0.3) is 69.9 Å². The Bertz CT molecular complexity index is 2610. The number of para-hydroxylation sites is 1. The van der Waals surface area contributed by atoms with Gasteiger partial charge in [-0.25, -0.2) is 0 Å². The Morgan fingerprint density at radius 3 is 2.08 bits per heavy atom. The van der Waals surface area contributed by atoms with Crippen LogP contribution in [0.15, 0.2) is 152 Å². The van der Waals surface area contributed by atoms with Gasteiger partial charge >= 0.3 is 0 Å². The number of nitrogen functional groups attached to an aromatic ring is 1. The third-order valence-electron chi connectivity index (χ3n) is 9.43. The van der Waals surface area contributed by atoms with E-state index in [0.717, 1.165) is 22.4 Å². The highest BCUT2D eigenvalue weighted by Gasteiger charge is 2.17. The molecule has 2 N–H and O–H groups in total. The molecule has 0 unspecified atom stereocenters. The monoisotopic (exact) mass is 636 g/mol. The number of anilines is 1. The average Bonchev–Trinajstić information content (AvgIpc) is 3.70. The highest BCUT2D eigenvalue weighted by Crippen LogP contribution is 2.44. The fourth-order valence-corrected chi connectivity index (χ4v) is 8.27. The van der Waals surface area contributed by atoms with Gasteiger partial charge in [-0.3, -0.25) is 0 Å². The summed E-state index contributed by atoms with van der Waals surface area (Å²) in [6.07, 6.45) is 0. The second-order valence-corrected chi connectivity index (χ2v) is 13.4. The van der Waals surface area contributed by atoms with Gasteiger partial charge in [0.15, 0.2) is 0 Å². The van der Waals surface area contributed by atoms with E-state index in [9.17, 15) is 0 Å². The van der Waals surface area contributed by atoms with Crippen LogP contribution in [0, 0.1) is 6.92 Å². The summed E-state index contributed by atoms with van der Waals surface area (Å²) in [6.45, 7) is 2.58. The third kappa shape index (κ3) is 4.64. The summed E-state index contributed by atoms with van der Waals surface area (Å²) in [5, 5.41) is 4.78. The molecule has 0 aliphatic carbocycles. The normalized spacial score (nSPS) is 11.6. The quantitative estimate of drug-likeness (QED) is 0.185. The zero-order chi connectivity index (χ0) is 32.2. The number of aromatic nitrogens is 1. The molecule has 9 aromatic rings. The predicted molar refractivity (Wildman–Crippen MR) is 204 cm³/mol. The van der Waals surface area contributed by atoms with Crippen molar-refractivity contribution in [2.24, 2.45) is 0 Å². The Morgan fingerprint density at radius 1 is 0.604 bits per heavy atom. The van der Waals surface area contributed by atoms with Crippen molar-refractivity contribution in [2.75, 3.05) is 5.73 Å². The molecule has 7 aromatic carbocycles. The standard InChI is InChI=1S/C44H32N2OS/c1-28-26-39(43(45)42-36-13-6-8-17-40(36)48-44(28)42)47-27-29-18-20-32(21-19-29)34-14-9-16-38-41(34)35-12-5-7-15-37(35)46(38)33-24-22-31(23-25-33)30-10-3-2-4-11-30/h2-26H,27,45H2,1H3. The molecule has 0 bridgehead atoms. The average molecular weight is 637 g/mol. The first kappa shape index (κ1) is 28.4. The molecule has 4 heteroatoms. The van der Waals surface area contributed by atoms with Crippen molar-refractivity contribution in [2.45, 2.75) is 13.5 Å². The lowest BCUT2D eigenvalue weighted by Gasteiger charge is -2.13. The molecular formula is C44H32N2OS. The first-order chi connectivity index (χ1) is 23.6. The van der Waals surface area contributed by atoms with E-state index >= 15 is 0 Å². The van der Waals surface area contributed by atoms with Gasteiger partial charge in [0.2, 0.25) is 0 Å². The first-order valence-electron chi connectivity index (χ1n) is 16.2. The van der Waals surface area contributed by atoms with E-state index in [4.69, 9.17) is 10.5 Å². The summed E-state index contributed by atoms with van der Waals surface area (Å²) >= 11 is 1.79. The molecular weight excluding hydrogens is 605 g/mol. The molecule has 2 aromatic heterocycles. The zero-order valence-corrected chi connectivity index (χ0v) is 27.3. The van der Waals surface area contributed by atoms with Crippen LogP contribution in [0.5, 0.6) is 5.75 Å². The first-order valence-corrected chi connectivity index (χ1v) is 17.1. The van der Waals surface area contributed by atoms with Crippen LogP contribution in [0.3, 0.4) is 0 Å². The zero-order valence-electron chi connectivity index (χ0n) is 26.5. The van der Waals surface area contributed by atoms with Gasteiger partial charge in [-0.2, -0.15) is 0 Å². The number of aryl methyl sites for hydroxylation is 1. The Kier molecular flexibility index (Phi) is 6.77. The molecule has 0 atom stereocenters. The number of hydrogen-bond donors (Lipinski definition) is 1. The number of benzene rings is 7. The highest BCUT2D eigenvalue weighted by molar-refractivity contribution is 7.26. The maximum Gasteiger partial charge on any atom is 0.143 e. The van der Waals surface area contributed by atoms with Crippen LogP contribution in [0.4, 0.5) is 5.69 Å². The van der Waals surface area contributed by atoms with E-state index < -0.39 is 0 Å². The smallest absolute Gasteiger partial charge is 0.143 e. The van der Waals surface area contributed by atoms with Gasteiger partial charge < -0.3 is 15.0 Å². The molecule has 230 valence electrons. The van der Waals surface area contributed by atoms with Crippen molar-refractivity contribution >= 4 is 59.0 Å². The number of fused-ring (bicyclic) bond motifs is 6. The molecule has 0 amide bonds. The summed E-state index contributed by atoms with van der Waals surface area (Å²) < 4.78 is 11.2. The van der Waals surface area contributed by atoms with Crippen molar-refractivity contribution in [3.8, 4) is 33.7 Å². The van der Waals surface area contributed by atoms with E-state index in [-0.39, 0.29) is 0 Å². The molecule has 0 radical (unpaired) electrons. The number of nitrogens with zero attached hydrogens (tertiary/aromatic N) is 1. The van der Waals surface area contributed by atoms with Gasteiger partial charge in [-0.05, 0) is 76.7 Å². The molecule has 9 rings (SSSR count). The summed E-state index contributed by atoms with van der Waals surface area (Å²) in [5.41, 5.74) is 18.1. The predicted octanol–water partition coefficient (Wildman–Crippen LogP) is 12.0. The molecule has 0 fully saturated rings. The lowest BCUT2D eigenvalue weighted by molar-refractivity contribution is 0.308. The maximum atomic E-state index is 6.72. The van der Waals surface area contributed by atoms with Gasteiger partial charge in [0.25, 0.3) is 0 Å². The molecule has 0 aliphatic rings. The summed E-state index contributed by atoms with van der Waals surface area (Å²) in [4.78, 5) is 0. The minimum Gasteiger partial charge on any atom is -0.487 e. The van der Waals surface area contributed by atoms with Crippen molar-refractivity contribution in [3.63, 3.8) is 0 Å². The fourth-order valence-electron chi connectivity index (χ4n) is 7.09. The minimum atomic E-state index is 0.444. The number of rotatable bonds is 6. The van der Waals surface area contributed by atoms with Gasteiger partial charge in [0.05, 0.1) is 16.7 Å². The van der Waals surface area contributed by atoms with Crippen LogP contribution < -0.4 is 10.5 Å². The molecule has 3 nitrogen and oxygen atoms in total. The van der Waals surface area contributed by atoms with Crippen LogP contribution in [-0.4, -0.2) is 4.57 Å². The topological polar surface area (TPSA) is 40.2 Å². The van der Waals surface area contributed by atoms with Crippen LogP contribution >= 0.6 is 11.3 Å². The van der Waals surface area contributed by atoms with Crippen LogP contribution in [-0.2, 0) is 6.61 Å². The molecule has 0 saturated heterocycles. The van der Waals surface area contributed by atoms with E-state index in [2.05, 4.69) is 163 Å². The third-order valence-corrected chi connectivity index (χ3v) is 10.7. The summed E-state index contributed by atoms with van der Waals surface area (Å²) in [6, 6.07) is 54.0. The van der Waals surface area contributed by atoms with E-state index in [0.29, 0.717) is 12.3 Å². The fraction of sp³-hybridized carbons (Fsp3) is 0.0455. The van der Waals surface area contributed by atoms with Crippen molar-refractivity contribution in [1.82, 2.24) is 4.57 Å². The molecule has 48 heavy (non-hydrogen) atoms. The number of nitrogens with two attached hydrogens (primary N) is 1. The number of hydrogen-bond acceptors (Lipinski definition) is 3. The maximum absolute atomic E-state index is 6.72. The van der Waals surface area contributed by atoms with Crippen LogP contribution in [0.2, 0.25) is 0 Å². The molecule has 2 heterocycles. The van der Waals surface area contributed by atoms with Crippen LogP contribution in [0.1, 0.15) is 11.1 Å². The van der Waals surface area contributed by atoms with Gasteiger partial charge in [-0.1, -0.05) is 115 Å². The number of ether oxygens (including phenoxy) is 1. The van der Waals surface area contributed by atoms with Crippen molar-refractivity contribution < 1.29 is 4.74 Å². The van der Waals surface area contributed by atoms with Gasteiger partial charge in [-0.15, -0.1) is 11.3 Å². The molecule has 0 saturated carbocycles. The van der Waals surface area contributed by atoms with E-state index in [1.54, 1.807) is 11.3 Å². The van der Waals surface area contributed by atoms with Gasteiger partial charge in [0, 0.05) is 36.6 Å². The van der Waals surface area contributed by atoms with E-state index in [1.807, 2.05) is 0 Å². The Labute approximate surface area is 283 Å². The molecule has 0 spiro atoms. The summed E-state index contributed by atoms with van der Waals surface area (Å²) in [5.74, 6) is 0.738. The highest BCUT2D eigenvalue weighted by atomic mass is 32.1. The van der Waals surface area contributed by atoms with Gasteiger partial charge in [0.1, 0.15) is 12.4 Å². The SMILES string of the molecule is Cc1cc(OCc2ccc(-c3cccc4c3c3ccccc3n4-c3ccc(-c4ccccc4)cc3)cc2)c(N)c2c1sc1ccccc12. The lowest BCUT2D eigenvalue weighted by Crippen LogP contribution is -2.00.